The Morgan fingerprint density at radius 2 is 1.78 bits per heavy atom. The molecule has 0 aromatic carbocycles. The summed E-state index contributed by atoms with van der Waals surface area (Å²) in [6.45, 7) is 3.08. The first-order chi connectivity index (χ1) is 13.3. The summed E-state index contributed by atoms with van der Waals surface area (Å²) in [5.41, 5.74) is 1.08. The molecule has 0 bridgehead atoms. The third-order valence-electron chi connectivity index (χ3n) is 6.53. The minimum atomic E-state index is -0.151. The van der Waals surface area contributed by atoms with Crippen molar-refractivity contribution in [1.82, 2.24) is 24.7 Å². The highest BCUT2D eigenvalue weighted by molar-refractivity contribution is 5.41. The fourth-order valence-electron chi connectivity index (χ4n) is 4.76. The second-order valence-corrected chi connectivity index (χ2v) is 8.32. The summed E-state index contributed by atoms with van der Waals surface area (Å²) in [7, 11) is 0. The Hall–Kier alpha value is -2.02. The van der Waals surface area contributed by atoms with Crippen LogP contribution in [0.25, 0.3) is 0 Å². The van der Waals surface area contributed by atoms with Gasteiger partial charge in [0, 0.05) is 49.7 Å². The smallest absolute Gasteiger partial charge is 0.136 e. The lowest BCUT2D eigenvalue weighted by molar-refractivity contribution is 0.0732. The molecule has 0 radical (unpaired) electrons. The third kappa shape index (κ3) is 3.33. The van der Waals surface area contributed by atoms with Crippen LogP contribution in [0.2, 0.25) is 0 Å². The zero-order valence-electron chi connectivity index (χ0n) is 15.8. The number of nitrogens with zero attached hydrogens (tertiary/aromatic N) is 6. The molecule has 1 saturated heterocycles. The summed E-state index contributed by atoms with van der Waals surface area (Å²) in [6, 6.07) is 2.12. The Balaban J connectivity index is 1.26. The van der Waals surface area contributed by atoms with Gasteiger partial charge in [0.2, 0.25) is 0 Å². The second kappa shape index (κ2) is 7.19. The van der Waals surface area contributed by atoms with Crippen molar-refractivity contribution < 1.29 is 5.11 Å². The number of hydrogen-bond donors (Lipinski definition) is 1. The molecule has 2 aliphatic heterocycles. The number of hydrogen-bond acceptors (Lipinski definition) is 6. The van der Waals surface area contributed by atoms with E-state index in [0.29, 0.717) is 11.8 Å². The molecule has 5 rings (SSSR count). The van der Waals surface area contributed by atoms with Crippen molar-refractivity contribution in [3.8, 4) is 0 Å². The van der Waals surface area contributed by atoms with Gasteiger partial charge in [0.05, 0.1) is 6.10 Å². The third-order valence-corrected chi connectivity index (χ3v) is 6.53. The van der Waals surface area contributed by atoms with Crippen molar-refractivity contribution in [3.05, 3.63) is 29.7 Å². The Kier molecular flexibility index (Phi) is 4.55. The normalized spacial score (nSPS) is 26.3. The Morgan fingerprint density at radius 3 is 2.59 bits per heavy atom. The van der Waals surface area contributed by atoms with Gasteiger partial charge in [-0.15, -0.1) is 10.2 Å². The summed E-state index contributed by atoms with van der Waals surface area (Å²) >= 11 is 0. The molecule has 0 spiro atoms. The van der Waals surface area contributed by atoms with Crippen LogP contribution in [0.4, 0.5) is 5.82 Å². The van der Waals surface area contributed by atoms with Gasteiger partial charge in [-0.2, -0.15) is 0 Å². The average molecular weight is 368 g/mol. The Labute approximate surface area is 159 Å². The predicted octanol–water partition coefficient (Wildman–Crippen LogP) is 2.42. The molecule has 2 aromatic heterocycles. The molecule has 27 heavy (non-hydrogen) atoms. The van der Waals surface area contributed by atoms with Crippen molar-refractivity contribution in [1.29, 1.82) is 0 Å². The molecule has 0 unspecified atom stereocenters. The van der Waals surface area contributed by atoms with Gasteiger partial charge in [-0.25, -0.2) is 9.97 Å². The molecule has 1 N–H and O–H groups in total. The number of aromatic nitrogens is 5. The first-order valence-corrected chi connectivity index (χ1v) is 10.4. The van der Waals surface area contributed by atoms with Crippen molar-refractivity contribution in [3.63, 3.8) is 0 Å². The number of fused-ring (bicyclic) bond motifs is 1. The highest BCUT2D eigenvalue weighted by Crippen LogP contribution is 2.37. The van der Waals surface area contributed by atoms with Crippen LogP contribution < -0.4 is 4.90 Å². The molecule has 1 aliphatic carbocycles. The lowest BCUT2D eigenvalue weighted by Gasteiger charge is -2.34. The maximum Gasteiger partial charge on any atom is 0.136 e. The van der Waals surface area contributed by atoms with Crippen molar-refractivity contribution in [2.45, 2.75) is 75.9 Å². The van der Waals surface area contributed by atoms with Crippen LogP contribution in [0.1, 0.15) is 74.1 Å². The Morgan fingerprint density at radius 1 is 0.926 bits per heavy atom. The first-order valence-electron chi connectivity index (χ1n) is 10.4. The van der Waals surface area contributed by atoms with Gasteiger partial charge in [0.25, 0.3) is 0 Å². The first kappa shape index (κ1) is 17.1. The second-order valence-electron chi connectivity index (χ2n) is 8.32. The van der Waals surface area contributed by atoms with Crippen LogP contribution in [0.15, 0.2) is 12.4 Å². The van der Waals surface area contributed by atoms with Crippen molar-refractivity contribution in [2.75, 3.05) is 18.0 Å². The summed E-state index contributed by atoms with van der Waals surface area (Å²) in [5.74, 6) is 4.32. The Bertz CT molecular complexity index is 792. The summed E-state index contributed by atoms with van der Waals surface area (Å²) in [4.78, 5) is 11.3. The van der Waals surface area contributed by atoms with Gasteiger partial charge in [-0.3, -0.25) is 0 Å². The van der Waals surface area contributed by atoms with Crippen LogP contribution >= 0.6 is 0 Å². The van der Waals surface area contributed by atoms with Crippen LogP contribution in [0.5, 0.6) is 0 Å². The molecule has 0 atom stereocenters. The van der Waals surface area contributed by atoms with Crippen molar-refractivity contribution >= 4 is 5.82 Å². The van der Waals surface area contributed by atoms with Gasteiger partial charge in [-0.1, -0.05) is 6.42 Å². The number of rotatable bonds is 3. The molecule has 7 nitrogen and oxygen atoms in total. The standard InChI is InChI=1S/C20H28N6O/c27-16-10-15(11-16)17-12-19(22-13-21-17)25-8-5-14(6-9-25)20-24-23-18-4-2-1-3-7-26(18)20/h12-16,27H,1-11H2. The maximum absolute atomic E-state index is 9.55. The number of aryl methyl sites for hydroxylation is 1. The highest BCUT2D eigenvalue weighted by atomic mass is 16.3. The lowest BCUT2D eigenvalue weighted by Crippen LogP contribution is -2.35. The number of piperidine rings is 1. The maximum atomic E-state index is 9.55. The molecule has 1 saturated carbocycles. The largest absolute Gasteiger partial charge is 0.393 e. The van der Waals surface area contributed by atoms with Gasteiger partial charge < -0.3 is 14.6 Å². The molecule has 3 aliphatic rings. The van der Waals surface area contributed by atoms with E-state index in [1.807, 2.05) is 0 Å². The summed E-state index contributed by atoms with van der Waals surface area (Å²) in [6.07, 6.45) is 10.2. The predicted molar refractivity (Wildman–Crippen MR) is 102 cm³/mol. The van der Waals surface area contributed by atoms with E-state index in [1.54, 1.807) is 6.33 Å². The van der Waals surface area contributed by atoms with E-state index in [9.17, 15) is 5.11 Å². The van der Waals surface area contributed by atoms with E-state index in [-0.39, 0.29) is 6.10 Å². The highest BCUT2D eigenvalue weighted by Gasteiger charge is 2.31. The molecule has 2 aromatic rings. The van der Waals surface area contributed by atoms with E-state index >= 15 is 0 Å². The number of aliphatic hydroxyl groups excluding tert-OH is 1. The molecule has 2 fully saturated rings. The minimum Gasteiger partial charge on any atom is -0.393 e. The molecule has 4 heterocycles. The summed E-state index contributed by atoms with van der Waals surface area (Å²) in [5, 5.41) is 18.6. The molecular formula is C20H28N6O. The van der Waals surface area contributed by atoms with E-state index < -0.39 is 0 Å². The average Bonchev–Trinajstić information content (AvgIpc) is 2.94. The van der Waals surface area contributed by atoms with Gasteiger partial charge >= 0.3 is 0 Å². The minimum absolute atomic E-state index is 0.151. The molecule has 0 amide bonds. The quantitative estimate of drug-likeness (QED) is 0.896. The van der Waals surface area contributed by atoms with Crippen LogP contribution in [-0.2, 0) is 13.0 Å². The van der Waals surface area contributed by atoms with E-state index in [2.05, 4.69) is 35.7 Å². The van der Waals surface area contributed by atoms with Crippen LogP contribution in [-0.4, -0.2) is 49.0 Å². The van der Waals surface area contributed by atoms with Crippen molar-refractivity contribution in [2.24, 2.45) is 0 Å². The van der Waals surface area contributed by atoms with E-state index in [4.69, 9.17) is 0 Å². The topological polar surface area (TPSA) is 80.0 Å². The fraction of sp³-hybridized carbons (Fsp3) is 0.700. The summed E-state index contributed by atoms with van der Waals surface area (Å²) < 4.78 is 2.40. The zero-order valence-corrected chi connectivity index (χ0v) is 15.8. The van der Waals surface area contributed by atoms with E-state index in [1.165, 1.54) is 30.9 Å². The number of anilines is 1. The fourth-order valence-corrected chi connectivity index (χ4v) is 4.76. The molecule has 7 heteroatoms. The monoisotopic (exact) mass is 368 g/mol. The van der Waals surface area contributed by atoms with Crippen LogP contribution in [0.3, 0.4) is 0 Å². The lowest BCUT2D eigenvalue weighted by atomic mass is 9.80. The molecule has 144 valence electrons. The molecular weight excluding hydrogens is 340 g/mol. The van der Waals surface area contributed by atoms with Gasteiger partial charge in [0.1, 0.15) is 23.8 Å². The van der Waals surface area contributed by atoms with Gasteiger partial charge in [-0.05, 0) is 38.5 Å². The number of aliphatic hydroxyl groups is 1. The van der Waals surface area contributed by atoms with Crippen LogP contribution in [0, 0.1) is 0 Å². The zero-order chi connectivity index (χ0) is 18.2. The SMILES string of the molecule is OC1CC(c2cc(N3CCC(c4nnc5n4CCCCC5)CC3)ncn2)C1. The van der Waals surface area contributed by atoms with Gasteiger partial charge in [0.15, 0.2) is 0 Å². The van der Waals surface area contributed by atoms with E-state index in [0.717, 1.165) is 63.3 Å².